The third-order valence-electron chi connectivity index (χ3n) is 3.35. The van der Waals surface area contributed by atoms with Gasteiger partial charge in [0.25, 0.3) is 0 Å². The van der Waals surface area contributed by atoms with Crippen molar-refractivity contribution in [3.8, 4) is 0 Å². The summed E-state index contributed by atoms with van der Waals surface area (Å²) in [6.07, 6.45) is -4.73. The minimum absolute atomic E-state index is 0.0879. The van der Waals surface area contributed by atoms with Gasteiger partial charge >= 0.3 is 11.6 Å². The van der Waals surface area contributed by atoms with E-state index in [1.54, 1.807) is 31.2 Å². The second-order valence-electron chi connectivity index (χ2n) is 4.91. The second kappa shape index (κ2) is 7.89. The average Bonchev–Trinajstić information content (AvgIpc) is 2.57. The van der Waals surface area contributed by atoms with Crippen LogP contribution in [0.25, 0.3) is 4.98 Å². The maximum absolute atomic E-state index is 10.3. The molecule has 1 aromatic carbocycles. The fourth-order valence-corrected chi connectivity index (χ4v) is 2.22. The number of rotatable bonds is 5. The lowest BCUT2D eigenvalue weighted by molar-refractivity contribution is -0.272. The molecule has 4 atom stereocenters. The van der Waals surface area contributed by atoms with Crippen molar-refractivity contribution in [1.29, 1.82) is 5.39 Å². The number of ether oxygens (including phenoxy) is 3. The number of aliphatic hydroxyl groups is 3. The molecule has 0 amide bonds. The summed E-state index contributed by atoms with van der Waals surface area (Å²) in [5.74, 6) is -0.735. The first-order chi connectivity index (χ1) is 11.1. The maximum Gasteiger partial charge on any atom is 0.471 e. The highest BCUT2D eigenvalue weighted by Crippen LogP contribution is 2.30. The summed E-state index contributed by atoms with van der Waals surface area (Å²) < 4.78 is 15.8. The first kappa shape index (κ1) is 17.2. The number of hydrogen-bond donors (Lipinski definition) is 3. The van der Waals surface area contributed by atoms with E-state index >= 15 is 0 Å². The Morgan fingerprint density at radius 3 is 2.74 bits per heavy atom. The Labute approximate surface area is 133 Å². The number of benzene rings is 1. The van der Waals surface area contributed by atoms with Crippen LogP contribution < -0.4 is 0 Å². The molecule has 1 aromatic rings. The van der Waals surface area contributed by atoms with Crippen molar-refractivity contribution in [3.63, 3.8) is 0 Å². The fourth-order valence-electron chi connectivity index (χ4n) is 2.22. The van der Waals surface area contributed by atoms with Gasteiger partial charge in [0.15, 0.2) is 17.4 Å². The highest BCUT2D eigenvalue weighted by atomic mass is 16.7. The van der Waals surface area contributed by atoms with Crippen LogP contribution in [-0.4, -0.2) is 46.8 Å². The summed E-state index contributed by atoms with van der Waals surface area (Å²) in [5.41, 5.74) is 0.182. The summed E-state index contributed by atoms with van der Waals surface area (Å²) in [6.45, 7) is 1.64. The molecule has 1 aliphatic rings. The molecule has 0 aromatic heterocycles. The van der Waals surface area contributed by atoms with Gasteiger partial charge in [-0.1, -0.05) is 30.3 Å². The molecule has 1 fully saturated rings. The van der Waals surface area contributed by atoms with E-state index in [0.717, 1.165) is 0 Å². The number of diazo groups is 1. The van der Waals surface area contributed by atoms with E-state index in [1.165, 1.54) is 0 Å². The van der Waals surface area contributed by atoms with Crippen molar-refractivity contribution in [3.05, 3.63) is 52.5 Å². The highest BCUT2D eigenvalue weighted by Gasteiger charge is 2.45. The van der Waals surface area contributed by atoms with Gasteiger partial charge in [0.1, 0.15) is 12.2 Å². The van der Waals surface area contributed by atoms with Crippen molar-refractivity contribution in [2.45, 2.75) is 31.5 Å². The van der Waals surface area contributed by atoms with E-state index in [1.807, 2.05) is 6.07 Å². The van der Waals surface area contributed by atoms with Crippen molar-refractivity contribution in [2.24, 2.45) is 0 Å². The molecule has 1 heterocycles. The maximum atomic E-state index is 10.3. The van der Waals surface area contributed by atoms with Crippen LogP contribution in [0.15, 0.2) is 42.0 Å². The van der Waals surface area contributed by atoms with E-state index in [4.69, 9.17) is 19.6 Å². The SMILES string of the molecule is CCOC(O)=C([N+]#N)C(O)C1OC(c2ccccc2)OCC1O. The van der Waals surface area contributed by atoms with Crippen LogP contribution in [-0.2, 0) is 14.2 Å². The third-order valence-corrected chi connectivity index (χ3v) is 3.35. The molecular weight excluding hydrogens is 304 g/mol. The lowest BCUT2D eigenvalue weighted by Gasteiger charge is -2.34. The lowest BCUT2D eigenvalue weighted by Crippen LogP contribution is -2.48. The van der Waals surface area contributed by atoms with Gasteiger partial charge in [0.05, 0.1) is 13.2 Å². The normalized spacial score (nSPS) is 26.8. The number of hydrogen-bond acceptors (Lipinski definition) is 7. The summed E-state index contributed by atoms with van der Waals surface area (Å²) in [5, 5.41) is 38.9. The van der Waals surface area contributed by atoms with Gasteiger partial charge in [-0.15, -0.1) is 0 Å². The number of aliphatic hydroxyl groups excluding tert-OH is 3. The fraction of sp³-hybridized carbons (Fsp3) is 0.467. The first-order valence-electron chi connectivity index (χ1n) is 7.17. The van der Waals surface area contributed by atoms with E-state index in [0.29, 0.717) is 5.56 Å². The van der Waals surface area contributed by atoms with E-state index in [2.05, 4.69) is 4.98 Å². The van der Waals surface area contributed by atoms with Crippen molar-refractivity contribution in [2.75, 3.05) is 13.2 Å². The molecule has 0 spiro atoms. The molecule has 2 rings (SSSR count). The van der Waals surface area contributed by atoms with Crippen LogP contribution in [0.5, 0.6) is 0 Å². The minimum Gasteiger partial charge on any atom is -0.475 e. The first-order valence-corrected chi connectivity index (χ1v) is 7.17. The Morgan fingerprint density at radius 2 is 2.13 bits per heavy atom. The Morgan fingerprint density at radius 1 is 1.43 bits per heavy atom. The van der Waals surface area contributed by atoms with Crippen LogP contribution >= 0.6 is 0 Å². The zero-order valence-electron chi connectivity index (χ0n) is 12.6. The summed E-state index contributed by atoms with van der Waals surface area (Å²) in [7, 11) is 0. The Balaban J connectivity index is 2.19. The largest absolute Gasteiger partial charge is 0.475 e. The monoisotopic (exact) mass is 323 g/mol. The minimum atomic E-state index is -1.60. The topological polar surface area (TPSA) is 117 Å². The molecule has 0 radical (unpaired) electrons. The standard InChI is InChI=1S/C15H18N2O6/c1-2-21-14(20)11(17-16)12(19)13-10(18)8-22-15(23-13)9-6-4-3-5-7-9/h3-7,10,12-13,15,18-19H,2,8H2,1H3/p+1. The molecule has 1 aliphatic heterocycles. The third kappa shape index (κ3) is 3.97. The Hall–Kier alpha value is -2.18. The molecular formula is C15H19N2O6+. The van der Waals surface area contributed by atoms with Crippen LogP contribution in [0, 0.1) is 5.39 Å². The molecule has 4 unspecified atom stereocenters. The predicted octanol–water partition coefficient (Wildman–Crippen LogP) is 1.44. The average molecular weight is 323 g/mol. The highest BCUT2D eigenvalue weighted by molar-refractivity contribution is 5.20. The number of nitrogens with zero attached hydrogens (tertiary/aromatic N) is 2. The Bertz CT molecular complexity index is 585. The van der Waals surface area contributed by atoms with Crippen molar-refractivity contribution in [1.82, 2.24) is 0 Å². The van der Waals surface area contributed by atoms with Gasteiger partial charge in [-0.25, -0.2) is 0 Å². The van der Waals surface area contributed by atoms with Crippen LogP contribution in [0.3, 0.4) is 0 Å². The molecule has 23 heavy (non-hydrogen) atoms. The molecule has 8 nitrogen and oxygen atoms in total. The quantitative estimate of drug-likeness (QED) is 0.554. The van der Waals surface area contributed by atoms with Crippen LogP contribution in [0.1, 0.15) is 18.8 Å². The zero-order chi connectivity index (χ0) is 16.8. The van der Waals surface area contributed by atoms with Crippen molar-refractivity contribution >= 4 is 0 Å². The van der Waals surface area contributed by atoms with Gasteiger partial charge in [-0.3, -0.25) is 0 Å². The molecule has 1 saturated heterocycles. The predicted molar refractivity (Wildman–Crippen MR) is 78.4 cm³/mol. The smallest absolute Gasteiger partial charge is 0.471 e. The van der Waals surface area contributed by atoms with E-state index in [-0.39, 0.29) is 13.2 Å². The van der Waals surface area contributed by atoms with Crippen LogP contribution in [0.2, 0.25) is 0 Å². The molecule has 8 heteroatoms. The molecule has 0 bridgehead atoms. The van der Waals surface area contributed by atoms with Crippen LogP contribution in [0.4, 0.5) is 0 Å². The van der Waals surface area contributed by atoms with Gasteiger partial charge < -0.3 is 29.5 Å². The van der Waals surface area contributed by atoms with Gasteiger partial charge in [0, 0.05) is 5.56 Å². The Kier molecular flexibility index (Phi) is 5.90. The zero-order valence-corrected chi connectivity index (χ0v) is 12.6. The second-order valence-corrected chi connectivity index (χ2v) is 4.91. The summed E-state index contributed by atoms with van der Waals surface area (Å²) in [4.78, 5) is 2.84. The lowest BCUT2D eigenvalue weighted by atomic mass is 10.0. The van der Waals surface area contributed by atoms with E-state index < -0.39 is 36.2 Å². The molecule has 0 saturated carbocycles. The van der Waals surface area contributed by atoms with Crippen molar-refractivity contribution < 1.29 is 29.5 Å². The molecule has 124 valence electrons. The molecule has 0 aliphatic carbocycles. The molecule has 3 N–H and O–H groups in total. The van der Waals surface area contributed by atoms with E-state index in [9.17, 15) is 15.3 Å². The summed E-state index contributed by atoms with van der Waals surface area (Å²) >= 11 is 0. The van der Waals surface area contributed by atoms with Gasteiger partial charge in [0.2, 0.25) is 5.39 Å². The van der Waals surface area contributed by atoms with Gasteiger partial charge in [-0.2, -0.15) is 0 Å². The summed E-state index contributed by atoms with van der Waals surface area (Å²) in [6, 6.07) is 8.98. The van der Waals surface area contributed by atoms with Gasteiger partial charge in [-0.05, 0) is 6.92 Å².